The van der Waals surface area contributed by atoms with Crippen LogP contribution in [0.3, 0.4) is 0 Å². The highest BCUT2D eigenvalue weighted by atomic mass is 35.5. The van der Waals surface area contributed by atoms with Crippen LogP contribution >= 0.6 is 11.6 Å². The Hall–Kier alpha value is -0.570. The second-order valence-electron chi connectivity index (χ2n) is 1.65. The van der Waals surface area contributed by atoms with Crippen LogP contribution in [0.15, 0.2) is 4.42 Å². The number of aryl methyl sites for hydroxylation is 2. The molecule has 0 bridgehead atoms. The van der Waals surface area contributed by atoms with Crippen LogP contribution in [0.5, 0.6) is 0 Å². The Morgan fingerprint density at radius 1 is 1.56 bits per heavy atom. The predicted molar refractivity (Wildman–Crippen MR) is 33.5 cm³/mol. The first kappa shape index (κ1) is 6.55. The van der Waals surface area contributed by atoms with E-state index < -0.39 is 0 Å². The largest absolute Gasteiger partial charge is 0.426 e. The fourth-order valence-corrected chi connectivity index (χ4v) is 0.681. The summed E-state index contributed by atoms with van der Waals surface area (Å²) in [6.07, 6.45) is 0.655. The molecule has 0 saturated heterocycles. The van der Waals surface area contributed by atoms with Crippen LogP contribution in [-0.4, -0.2) is 16.1 Å². The highest BCUT2D eigenvalue weighted by Gasteiger charge is 1.98. The van der Waals surface area contributed by atoms with E-state index in [2.05, 4.69) is 10.2 Å². The summed E-state index contributed by atoms with van der Waals surface area (Å²) in [6, 6.07) is 0. The maximum atomic E-state index is 5.42. The molecule has 3 nitrogen and oxygen atoms in total. The van der Waals surface area contributed by atoms with Crippen LogP contribution in [-0.2, 0) is 6.42 Å². The maximum Gasteiger partial charge on any atom is 0.217 e. The van der Waals surface area contributed by atoms with Crippen molar-refractivity contribution in [2.75, 3.05) is 5.88 Å². The zero-order chi connectivity index (χ0) is 6.69. The second-order valence-corrected chi connectivity index (χ2v) is 2.03. The van der Waals surface area contributed by atoms with Crippen LogP contribution < -0.4 is 0 Å². The molecule has 0 N–H and O–H groups in total. The molecule has 0 spiro atoms. The molecule has 0 aliphatic rings. The topological polar surface area (TPSA) is 38.9 Å². The van der Waals surface area contributed by atoms with Crippen molar-refractivity contribution in [3.63, 3.8) is 0 Å². The van der Waals surface area contributed by atoms with Gasteiger partial charge in [0.25, 0.3) is 0 Å². The van der Waals surface area contributed by atoms with E-state index in [1.165, 1.54) is 0 Å². The Morgan fingerprint density at radius 2 is 2.33 bits per heavy atom. The van der Waals surface area contributed by atoms with Gasteiger partial charge in [-0.2, -0.15) is 0 Å². The second kappa shape index (κ2) is 2.82. The van der Waals surface area contributed by atoms with Gasteiger partial charge < -0.3 is 4.42 Å². The maximum absolute atomic E-state index is 5.42. The first-order valence-electron chi connectivity index (χ1n) is 2.68. The molecule has 0 radical (unpaired) electrons. The molecule has 0 fully saturated rings. The fourth-order valence-electron chi connectivity index (χ4n) is 0.519. The molecule has 1 aromatic heterocycles. The van der Waals surface area contributed by atoms with Gasteiger partial charge in [0.1, 0.15) is 0 Å². The molecule has 50 valence electrons. The number of aromatic nitrogens is 2. The van der Waals surface area contributed by atoms with E-state index >= 15 is 0 Å². The minimum Gasteiger partial charge on any atom is -0.426 e. The standard InChI is InChI=1S/C5H7ClN2O/c1-4-7-8-5(9-4)2-3-6/h2-3H2,1H3. The number of hydrogen-bond acceptors (Lipinski definition) is 3. The third-order valence-electron chi connectivity index (χ3n) is 0.876. The third-order valence-corrected chi connectivity index (χ3v) is 1.07. The van der Waals surface area contributed by atoms with Crippen LogP contribution in [0.4, 0.5) is 0 Å². The van der Waals surface area contributed by atoms with Gasteiger partial charge in [0.2, 0.25) is 11.8 Å². The summed E-state index contributed by atoms with van der Waals surface area (Å²) in [7, 11) is 0. The highest BCUT2D eigenvalue weighted by molar-refractivity contribution is 6.17. The molecule has 4 heteroatoms. The molecule has 0 amide bonds. The van der Waals surface area contributed by atoms with Crippen molar-refractivity contribution in [3.8, 4) is 0 Å². The zero-order valence-electron chi connectivity index (χ0n) is 5.09. The van der Waals surface area contributed by atoms with Crippen molar-refractivity contribution in [1.82, 2.24) is 10.2 Å². The van der Waals surface area contributed by atoms with Gasteiger partial charge in [0.05, 0.1) is 0 Å². The molecule has 1 heterocycles. The summed E-state index contributed by atoms with van der Waals surface area (Å²) in [4.78, 5) is 0. The zero-order valence-corrected chi connectivity index (χ0v) is 5.85. The Morgan fingerprint density at radius 3 is 2.78 bits per heavy atom. The summed E-state index contributed by atoms with van der Waals surface area (Å²) in [5.74, 6) is 1.74. The van der Waals surface area contributed by atoms with Crippen molar-refractivity contribution in [1.29, 1.82) is 0 Å². The van der Waals surface area contributed by atoms with Gasteiger partial charge >= 0.3 is 0 Å². The summed E-state index contributed by atoms with van der Waals surface area (Å²) < 4.78 is 5.02. The van der Waals surface area contributed by atoms with Crippen molar-refractivity contribution in [2.24, 2.45) is 0 Å². The molecular weight excluding hydrogens is 140 g/mol. The lowest BCUT2D eigenvalue weighted by Crippen LogP contribution is -1.84. The quantitative estimate of drug-likeness (QED) is 0.588. The lowest BCUT2D eigenvalue weighted by molar-refractivity contribution is 0.474. The van der Waals surface area contributed by atoms with Crippen LogP contribution in [0, 0.1) is 6.92 Å². The van der Waals surface area contributed by atoms with E-state index in [0.29, 0.717) is 24.1 Å². The van der Waals surface area contributed by atoms with Crippen molar-refractivity contribution < 1.29 is 4.42 Å². The summed E-state index contributed by atoms with van der Waals surface area (Å²) in [6.45, 7) is 1.75. The van der Waals surface area contributed by atoms with Crippen LogP contribution in [0.1, 0.15) is 11.8 Å². The summed E-state index contributed by atoms with van der Waals surface area (Å²) in [5, 5.41) is 7.36. The Kier molecular flexibility index (Phi) is 2.05. The normalized spacial score (nSPS) is 10.0. The van der Waals surface area contributed by atoms with Gasteiger partial charge in [-0.3, -0.25) is 0 Å². The van der Waals surface area contributed by atoms with Gasteiger partial charge in [-0.1, -0.05) is 0 Å². The number of nitrogens with zero attached hydrogens (tertiary/aromatic N) is 2. The van der Waals surface area contributed by atoms with Crippen LogP contribution in [0.25, 0.3) is 0 Å². The van der Waals surface area contributed by atoms with Crippen LogP contribution in [0.2, 0.25) is 0 Å². The monoisotopic (exact) mass is 146 g/mol. The minimum absolute atomic E-state index is 0.529. The number of alkyl halides is 1. The van der Waals surface area contributed by atoms with Gasteiger partial charge in [-0.25, -0.2) is 0 Å². The van der Waals surface area contributed by atoms with E-state index in [-0.39, 0.29) is 0 Å². The molecule has 0 saturated carbocycles. The minimum atomic E-state index is 0.529. The van der Waals surface area contributed by atoms with E-state index in [1.807, 2.05) is 0 Å². The van der Waals surface area contributed by atoms with Crippen molar-refractivity contribution >= 4 is 11.6 Å². The van der Waals surface area contributed by atoms with E-state index in [1.54, 1.807) is 6.92 Å². The van der Waals surface area contributed by atoms with E-state index in [9.17, 15) is 0 Å². The molecule has 0 aliphatic heterocycles. The first-order chi connectivity index (χ1) is 4.33. The van der Waals surface area contributed by atoms with Gasteiger partial charge in [0, 0.05) is 19.2 Å². The Bertz CT molecular complexity index is 187. The molecule has 0 unspecified atom stereocenters. The van der Waals surface area contributed by atoms with Crippen molar-refractivity contribution in [3.05, 3.63) is 11.8 Å². The lowest BCUT2D eigenvalue weighted by Gasteiger charge is -1.82. The molecule has 1 rings (SSSR count). The molecule has 0 atom stereocenters. The number of rotatable bonds is 2. The SMILES string of the molecule is Cc1nnc(CCCl)o1. The van der Waals surface area contributed by atoms with Crippen molar-refractivity contribution in [2.45, 2.75) is 13.3 Å². The first-order valence-corrected chi connectivity index (χ1v) is 3.21. The molecule has 0 aliphatic carbocycles. The average molecular weight is 147 g/mol. The summed E-state index contributed by atoms with van der Waals surface area (Å²) in [5.41, 5.74) is 0. The molecular formula is C5H7ClN2O. The third kappa shape index (κ3) is 1.68. The predicted octanol–water partition coefficient (Wildman–Crippen LogP) is 1.16. The van der Waals surface area contributed by atoms with Gasteiger partial charge in [0.15, 0.2) is 0 Å². The number of halogens is 1. The Labute approximate surface area is 58.0 Å². The van der Waals surface area contributed by atoms with Gasteiger partial charge in [-0.15, -0.1) is 21.8 Å². The highest BCUT2D eigenvalue weighted by Crippen LogP contribution is 1.98. The fraction of sp³-hybridized carbons (Fsp3) is 0.600. The number of hydrogen-bond donors (Lipinski definition) is 0. The molecule has 9 heavy (non-hydrogen) atoms. The smallest absolute Gasteiger partial charge is 0.217 e. The molecule has 0 aromatic carbocycles. The Balaban J connectivity index is 2.61. The summed E-state index contributed by atoms with van der Waals surface area (Å²) >= 11 is 5.42. The lowest BCUT2D eigenvalue weighted by atomic mass is 10.5. The molecule has 1 aromatic rings. The van der Waals surface area contributed by atoms with E-state index in [0.717, 1.165) is 0 Å². The van der Waals surface area contributed by atoms with Gasteiger partial charge in [-0.05, 0) is 0 Å². The average Bonchev–Trinajstić information content (AvgIpc) is 2.17. The van der Waals surface area contributed by atoms with E-state index in [4.69, 9.17) is 16.0 Å².